The van der Waals surface area contributed by atoms with Crippen molar-refractivity contribution in [3.05, 3.63) is 103 Å². The van der Waals surface area contributed by atoms with Crippen LogP contribution in [0, 0.1) is 0 Å². The Morgan fingerprint density at radius 1 is 0.654 bits per heavy atom. The van der Waals surface area contributed by atoms with Gasteiger partial charge in [-0.15, -0.1) is 0 Å². The Kier molecular flexibility index (Phi) is 1.93. The molecule has 0 saturated heterocycles. The van der Waals surface area contributed by atoms with E-state index in [9.17, 15) is 0 Å². The summed E-state index contributed by atoms with van der Waals surface area (Å²) >= 11 is 0. The van der Waals surface area contributed by atoms with Crippen LogP contribution in [-0.2, 0) is 0 Å². The fraction of sp³-hybridized carbons (Fsp3) is 0. The third-order valence-corrected chi connectivity index (χ3v) is 3.60. The van der Waals surface area contributed by atoms with Crippen molar-refractivity contribution >= 4 is 17.1 Å². The van der Waals surface area contributed by atoms with Crippen molar-refractivity contribution in [2.45, 2.75) is 0 Å². The highest BCUT2D eigenvalue weighted by Gasteiger charge is 2.13. The van der Waals surface area contributed by atoms with Crippen LogP contribution in [0.5, 0.6) is 0 Å². The van der Waals surface area contributed by atoms with Crippen molar-refractivity contribution in [2.75, 3.05) is 11.1 Å². The van der Waals surface area contributed by atoms with Crippen LogP contribution in [0.25, 0.3) is 22.3 Å². The van der Waals surface area contributed by atoms with Gasteiger partial charge in [-0.2, -0.15) is 0 Å². The number of anilines is 3. The Bertz CT molecular complexity index is 1530. The Labute approximate surface area is 172 Å². The highest BCUT2D eigenvalue weighted by atomic mass is 14.9. The number of benzene rings is 4. The summed E-state index contributed by atoms with van der Waals surface area (Å²) in [7, 11) is 0. The van der Waals surface area contributed by atoms with Crippen molar-refractivity contribution in [1.29, 1.82) is 0 Å². The summed E-state index contributed by atoms with van der Waals surface area (Å²) in [5.74, 6) is 0. The molecule has 0 aliphatic heterocycles. The van der Waals surface area contributed by atoms with E-state index in [1.165, 1.54) is 12.1 Å². The average molecular weight is 350 g/mol. The largest absolute Gasteiger partial charge is 0.397 e. The first-order valence-electron chi connectivity index (χ1n) is 14.1. The minimum atomic E-state index is -0.745. The molecule has 0 atom stereocenters. The third-order valence-electron chi connectivity index (χ3n) is 3.60. The van der Waals surface area contributed by atoms with E-state index in [0.29, 0.717) is 0 Å². The fourth-order valence-corrected chi connectivity index (χ4v) is 2.40. The summed E-state index contributed by atoms with van der Waals surface area (Å²) in [5, 5.41) is 2.91. The minimum absolute atomic E-state index is 0.185. The van der Waals surface area contributed by atoms with Gasteiger partial charge in [0.05, 0.1) is 34.9 Å². The highest BCUT2D eigenvalue weighted by Crippen LogP contribution is 2.39. The molecular weight excluding hydrogens is 316 g/mol. The molecule has 0 heterocycles. The van der Waals surface area contributed by atoms with Crippen molar-refractivity contribution in [3.8, 4) is 22.3 Å². The molecule has 0 unspecified atom stereocenters. The van der Waals surface area contributed by atoms with E-state index in [4.69, 9.17) is 23.6 Å². The molecular formula is C24H20N2. The quantitative estimate of drug-likeness (QED) is 0.421. The van der Waals surface area contributed by atoms with Gasteiger partial charge >= 0.3 is 0 Å². The summed E-state index contributed by atoms with van der Waals surface area (Å²) in [5.41, 5.74) is 4.49. The predicted molar refractivity (Wildman–Crippen MR) is 111 cm³/mol. The maximum Gasteiger partial charge on any atom is 0.0630 e. The lowest BCUT2D eigenvalue weighted by atomic mass is 9.95. The molecule has 4 aromatic carbocycles. The molecule has 26 heavy (non-hydrogen) atoms. The van der Waals surface area contributed by atoms with Crippen LogP contribution in [-0.4, -0.2) is 0 Å². The number of nitrogen functional groups attached to an aromatic ring is 1. The number of rotatable bonds is 4. The molecule has 2 nitrogen and oxygen atoms in total. The molecule has 0 aliphatic rings. The maximum absolute atomic E-state index is 8.69. The number of hydrogen-bond donors (Lipinski definition) is 2. The van der Waals surface area contributed by atoms with Crippen LogP contribution in [0.3, 0.4) is 0 Å². The van der Waals surface area contributed by atoms with E-state index in [1.54, 1.807) is 12.1 Å². The molecule has 0 bridgehead atoms. The lowest BCUT2D eigenvalue weighted by Gasteiger charge is -2.18. The van der Waals surface area contributed by atoms with Crippen molar-refractivity contribution in [2.24, 2.45) is 0 Å². The Balaban J connectivity index is 2.30. The van der Waals surface area contributed by atoms with Crippen LogP contribution in [0.1, 0.15) is 17.8 Å². The molecule has 0 spiro atoms. The van der Waals surface area contributed by atoms with Gasteiger partial charge in [0.1, 0.15) is 0 Å². The van der Waals surface area contributed by atoms with Gasteiger partial charge in [-0.25, -0.2) is 0 Å². The molecule has 0 radical (unpaired) electrons. The van der Waals surface area contributed by atoms with Gasteiger partial charge in [0.25, 0.3) is 0 Å². The minimum Gasteiger partial charge on any atom is -0.397 e. The summed E-state index contributed by atoms with van der Waals surface area (Å²) in [6, 6.07) is -2.77. The second-order valence-corrected chi connectivity index (χ2v) is 5.21. The standard InChI is InChI=1S/C24H20N2/c25-22-16-7-8-17-23(22)26-24-20(18-10-3-1-4-11-18)14-9-15-21(24)19-12-5-2-6-13-19/h1-17,26H,25H2/i1D,2D,3D,4D,5D,6D,9D,10D,11D,12D,13D,14D,15D. The average Bonchev–Trinajstić information content (AvgIpc) is 2.91. The smallest absolute Gasteiger partial charge is 0.0630 e. The topological polar surface area (TPSA) is 38.0 Å². The van der Waals surface area contributed by atoms with Gasteiger partial charge in [-0.05, 0) is 23.3 Å². The van der Waals surface area contributed by atoms with E-state index < -0.39 is 101 Å². The lowest BCUT2D eigenvalue weighted by Crippen LogP contribution is -1.99. The van der Waals surface area contributed by atoms with Crippen LogP contribution in [0.4, 0.5) is 17.1 Å². The van der Waals surface area contributed by atoms with E-state index in [1.807, 2.05) is 0 Å². The SMILES string of the molecule is [2H]c1c([2H])c([2H])c(-c2c([2H])c([2H])c([2H])c(-c3c([2H])c([2H])c([2H])c([2H])c3[2H])c2Nc2ccccc2N)c([2H])c1[2H]. The molecule has 126 valence electrons. The molecule has 3 N–H and O–H groups in total. The van der Waals surface area contributed by atoms with Gasteiger partial charge in [0.15, 0.2) is 0 Å². The molecule has 4 aromatic rings. The number of nitrogens with one attached hydrogen (secondary N) is 1. The van der Waals surface area contributed by atoms with E-state index in [0.717, 1.165) is 0 Å². The van der Waals surface area contributed by atoms with Gasteiger partial charge in [-0.1, -0.05) is 90.7 Å². The van der Waals surface area contributed by atoms with Gasteiger partial charge < -0.3 is 11.1 Å². The normalized spacial score (nSPS) is 17.5. The first-order valence-corrected chi connectivity index (χ1v) is 7.62. The predicted octanol–water partition coefficient (Wildman–Crippen LogP) is 6.35. The summed E-state index contributed by atoms with van der Waals surface area (Å²) in [6.45, 7) is 0. The molecule has 2 heteroatoms. The zero-order valence-corrected chi connectivity index (χ0v) is 13.4. The van der Waals surface area contributed by atoms with Crippen LogP contribution < -0.4 is 11.1 Å². The van der Waals surface area contributed by atoms with Crippen LogP contribution in [0.15, 0.2) is 103 Å². The first-order chi connectivity index (χ1) is 18.2. The van der Waals surface area contributed by atoms with E-state index in [2.05, 4.69) is 5.32 Å². The second-order valence-electron chi connectivity index (χ2n) is 5.21. The Hall–Kier alpha value is -3.52. The fourth-order valence-electron chi connectivity index (χ4n) is 2.40. The molecule has 0 aromatic heterocycles. The monoisotopic (exact) mass is 349 g/mol. The molecule has 0 saturated carbocycles. The Morgan fingerprint density at radius 3 is 1.73 bits per heavy atom. The Morgan fingerprint density at radius 2 is 1.19 bits per heavy atom. The van der Waals surface area contributed by atoms with Crippen molar-refractivity contribution < 1.29 is 17.8 Å². The van der Waals surface area contributed by atoms with E-state index >= 15 is 0 Å². The highest BCUT2D eigenvalue weighted by molar-refractivity contribution is 5.94. The first kappa shape index (κ1) is 7.00. The number of para-hydroxylation sites is 3. The van der Waals surface area contributed by atoms with Crippen LogP contribution in [0.2, 0.25) is 0 Å². The molecule has 4 rings (SSSR count). The number of nitrogens with two attached hydrogens (primary N) is 1. The molecule has 0 amide bonds. The van der Waals surface area contributed by atoms with Gasteiger partial charge in [-0.3, -0.25) is 0 Å². The van der Waals surface area contributed by atoms with Crippen molar-refractivity contribution in [3.63, 3.8) is 0 Å². The molecule has 0 fully saturated rings. The van der Waals surface area contributed by atoms with Gasteiger partial charge in [0, 0.05) is 11.1 Å². The zero-order chi connectivity index (χ0) is 29.1. The molecule has 0 aliphatic carbocycles. The summed E-state index contributed by atoms with van der Waals surface area (Å²) in [4.78, 5) is 0. The van der Waals surface area contributed by atoms with Crippen molar-refractivity contribution in [1.82, 2.24) is 0 Å². The van der Waals surface area contributed by atoms with Crippen LogP contribution >= 0.6 is 0 Å². The third kappa shape index (κ3) is 3.17. The summed E-state index contributed by atoms with van der Waals surface area (Å²) in [6.07, 6.45) is 0. The van der Waals surface area contributed by atoms with E-state index in [-0.39, 0.29) is 17.1 Å². The zero-order valence-electron chi connectivity index (χ0n) is 26.4. The number of hydrogen-bond acceptors (Lipinski definition) is 2. The van der Waals surface area contributed by atoms with Gasteiger partial charge in [0.2, 0.25) is 0 Å². The lowest BCUT2D eigenvalue weighted by molar-refractivity contribution is 1.52. The second kappa shape index (κ2) is 7.16. The summed E-state index contributed by atoms with van der Waals surface area (Å²) < 4.78 is 108. The maximum atomic E-state index is 8.69.